The van der Waals surface area contributed by atoms with E-state index in [-0.39, 0.29) is 6.61 Å². The molecule has 1 aromatic rings. The third kappa shape index (κ3) is 2.35. The lowest BCUT2D eigenvalue weighted by atomic mass is 10.5. The summed E-state index contributed by atoms with van der Waals surface area (Å²) in [5.41, 5.74) is 0. The summed E-state index contributed by atoms with van der Waals surface area (Å²) in [6.07, 6.45) is 5.51. The quantitative estimate of drug-likeness (QED) is 0.685. The Bertz CT molecular complexity index is 283. The number of aliphatic hydroxyl groups is 1. The summed E-state index contributed by atoms with van der Waals surface area (Å²) in [6, 6.07) is 0. The van der Waals surface area contributed by atoms with Crippen molar-refractivity contribution >= 4 is 5.95 Å². The van der Waals surface area contributed by atoms with Crippen molar-refractivity contribution in [3.63, 3.8) is 0 Å². The van der Waals surface area contributed by atoms with E-state index in [0.717, 1.165) is 12.5 Å². The van der Waals surface area contributed by atoms with E-state index in [9.17, 15) is 0 Å². The largest absolute Gasteiger partial charge is 0.395 e. The molecular formula is C10H17N3O. The Morgan fingerprint density at radius 1 is 1.71 bits per heavy atom. The highest BCUT2D eigenvalue weighted by molar-refractivity contribution is 5.32. The Balaban J connectivity index is 2.80. The zero-order valence-corrected chi connectivity index (χ0v) is 8.56. The summed E-state index contributed by atoms with van der Waals surface area (Å²) < 4.78 is 2.04. The van der Waals surface area contributed by atoms with Crippen LogP contribution < -0.4 is 4.90 Å². The smallest absolute Gasteiger partial charge is 0.205 e. The molecule has 1 heterocycles. The van der Waals surface area contributed by atoms with Gasteiger partial charge in [-0.3, -0.25) is 0 Å². The Kier molecular flexibility index (Phi) is 4.19. The molecule has 0 aliphatic carbocycles. The molecule has 0 spiro atoms. The molecule has 0 amide bonds. The fourth-order valence-electron chi connectivity index (χ4n) is 1.38. The molecule has 14 heavy (non-hydrogen) atoms. The standard InChI is InChI=1S/C10H17N3O/c1-3-6-13(8-9-14)10-11-5-7-12(10)4-2/h3,5,7,14H,1,4,6,8-9H2,2H3. The Hall–Kier alpha value is -1.29. The highest BCUT2D eigenvalue weighted by atomic mass is 16.3. The zero-order valence-electron chi connectivity index (χ0n) is 8.56. The summed E-state index contributed by atoms with van der Waals surface area (Å²) in [5, 5.41) is 8.91. The van der Waals surface area contributed by atoms with Crippen LogP contribution in [0, 0.1) is 0 Å². The second-order valence-electron chi connectivity index (χ2n) is 2.97. The molecule has 0 radical (unpaired) electrons. The molecule has 78 valence electrons. The van der Waals surface area contributed by atoms with Gasteiger partial charge in [0.05, 0.1) is 6.61 Å². The number of hydrogen-bond acceptors (Lipinski definition) is 3. The van der Waals surface area contributed by atoms with Crippen LogP contribution in [0.3, 0.4) is 0 Å². The molecule has 0 bridgehead atoms. The summed E-state index contributed by atoms with van der Waals surface area (Å²) in [7, 11) is 0. The van der Waals surface area contributed by atoms with Crippen LogP contribution in [0.15, 0.2) is 25.0 Å². The predicted molar refractivity (Wildman–Crippen MR) is 57.4 cm³/mol. The van der Waals surface area contributed by atoms with E-state index in [1.54, 1.807) is 6.20 Å². The number of rotatable bonds is 6. The lowest BCUT2D eigenvalue weighted by Crippen LogP contribution is -2.29. The molecule has 0 fully saturated rings. The van der Waals surface area contributed by atoms with Crippen LogP contribution >= 0.6 is 0 Å². The molecule has 1 rings (SSSR count). The molecule has 4 heteroatoms. The predicted octanol–water partition coefficient (Wildman–Crippen LogP) is 0.888. The monoisotopic (exact) mass is 195 g/mol. The summed E-state index contributed by atoms with van der Waals surface area (Å²) in [4.78, 5) is 6.25. The number of aromatic nitrogens is 2. The van der Waals surface area contributed by atoms with E-state index < -0.39 is 0 Å². The fourth-order valence-corrected chi connectivity index (χ4v) is 1.38. The van der Waals surface area contributed by atoms with Crippen LogP contribution in [0.4, 0.5) is 5.95 Å². The molecule has 0 aliphatic rings. The van der Waals surface area contributed by atoms with Gasteiger partial charge in [0.1, 0.15) is 0 Å². The van der Waals surface area contributed by atoms with Crippen molar-refractivity contribution in [3.8, 4) is 0 Å². The second-order valence-corrected chi connectivity index (χ2v) is 2.97. The van der Waals surface area contributed by atoms with Gasteiger partial charge in [-0.25, -0.2) is 4.98 Å². The number of aryl methyl sites for hydroxylation is 1. The number of nitrogens with zero attached hydrogens (tertiary/aromatic N) is 3. The first-order chi connectivity index (χ1) is 6.83. The van der Waals surface area contributed by atoms with Crippen molar-refractivity contribution in [2.24, 2.45) is 0 Å². The van der Waals surface area contributed by atoms with E-state index in [0.29, 0.717) is 13.1 Å². The number of aliphatic hydroxyl groups excluding tert-OH is 1. The van der Waals surface area contributed by atoms with Gasteiger partial charge < -0.3 is 14.6 Å². The topological polar surface area (TPSA) is 41.3 Å². The van der Waals surface area contributed by atoms with Gasteiger partial charge in [-0.2, -0.15) is 0 Å². The van der Waals surface area contributed by atoms with Crippen molar-refractivity contribution in [1.29, 1.82) is 0 Å². The van der Waals surface area contributed by atoms with Gasteiger partial charge in [0.15, 0.2) is 0 Å². The summed E-state index contributed by atoms with van der Waals surface area (Å²) >= 11 is 0. The third-order valence-corrected chi connectivity index (χ3v) is 2.04. The zero-order chi connectivity index (χ0) is 10.4. The Labute approximate surface area is 84.5 Å². The number of hydrogen-bond donors (Lipinski definition) is 1. The third-order valence-electron chi connectivity index (χ3n) is 2.04. The SMILES string of the molecule is C=CCN(CCO)c1nccn1CC. The highest BCUT2D eigenvalue weighted by Gasteiger charge is 2.09. The fraction of sp³-hybridized carbons (Fsp3) is 0.500. The summed E-state index contributed by atoms with van der Waals surface area (Å²) in [5.74, 6) is 0.890. The van der Waals surface area contributed by atoms with Crippen LogP contribution in [-0.4, -0.2) is 34.4 Å². The molecular weight excluding hydrogens is 178 g/mol. The first-order valence-corrected chi connectivity index (χ1v) is 4.81. The van der Waals surface area contributed by atoms with Crippen molar-refractivity contribution in [1.82, 2.24) is 9.55 Å². The van der Waals surface area contributed by atoms with Crippen molar-refractivity contribution in [2.75, 3.05) is 24.6 Å². The van der Waals surface area contributed by atoms with Crippen LogP contribution in [0.1, 0.15) is 6.92 Å². The Morgan fingerprint density at radius 3 is 3.07 bits per heavy atom. The van der Waals surface area contributed by atoms with Gasteiger partial charge in [0.25, 0.3) is 0 Å². The van der Waals surface area contributed by atoms with E-state index >= 15 is 0 Å². The van der Waals surface area contributed by atoms with Crippen LogP contribution in [0.25, 0.3) is 0 Å². The van der Waals surface area contributed by atoms with E-state index in [1.807, 2.05) is 21.7 Å². The van der Waals surface area contributed by atoms with E-state index in [2.05, 4.69) is 18.5 Å². The first-order valence-electron chi connectivity index (χ1n) is 4.81. The van der Waals surface area contributed by atoms with Crippen molar-refractivity contribution in [2.45, 2.75) is 13.5 Å². The minimum absolute atomic E-state index is 0.129. The molecule has 1 aromatic heterocycles. The molecule has 0 unspecified atom stereocenters. The Morgan fingerprint density at radius 2 is 2.50 bits per heavy atom. The average molecular weight is 195 g/mol. The number of anilines is 1. The molecule has 0 aliphatic heterocycles. The number of imidazole rings is 1. The van der Waals surface area contributed by atoms with Crippen LogP contribution in [-0.2, 0) is 6.54 Å². The van der Waals surface area contributed by atoms with Crippen LogP contribution in [0.5, 0.6) is 0 Å². The maximum Gasteiger partial charge on any atom is 0.205 e. The van der Waals surface area contributed by atoms with Gasteiger partial charge in [0.2, 0.25) is 5.95 Å². The van der Waals surface area contributed by atoms with Crippen LogP contribution in [0.2, 0.25) is 0 Å². The van der Waals surface area contributed by atoms with Gasteiger partial charge in [-0.15, -0.1) is 6.58 Å². The van der Waals surface area contributed by atoms with Gasteiger partial charge in [-0.05, 0) is 6.92 Å². The van der Waals surface area contributed by atoms with Gasteiger partial charge in [-0.1, -0.05) is 6.08 Å². The van der Waals surface area contributed by atoms with Gasteiger partial charge in [0, 0.05) is 32.0 Å². The minimum Gasteiger partial charge on any atom is -0.395 e. The lowest BCUT2D eigenvalue weighted by molar-refractivity contribution is 0.302. The first kappa shape index (κ1) is 10.8. The molecule has 1 N–H and O–H groups in total. The summed E-state index contributed by atoms with van der Waals surface area (Å²) in [6.45, 7) is 8.06. The lowest BCUT2D eigenvalue weighted by Gasteiger charge is -2.21. The molecule has 0 aromatic carbocycles. The second kappa shape index (κ2) is 5.44. The van der Waals surface area contributed by atoms with Crippen molar-refractivity contribution in [3.05, 3.63) is 25.0 Å². The van der Waals surface area contributed by atoms with E-state index in [4.69, 9.17) is 5.11 Å². The maximum atomic E-state index is 8.91. The van der Waals surface area contributed by atoms with E-state index in [1.165, 1.54) is 0 Å². The maximum absolute atomic E-state index is 8.91. The minimum atomic E-state index is 0.129. The van der Waals surface area contributed by atoms with Crippen molar-refractivity contribution < 1.29 is 5.11 Å². The van der Waals surface area contributed by atoms with Gasteiger partial charge >= 0.3 is 0 Å². The molecule has 0 atom stereocenters. The average Bonchev–Trinajstić information content (AvgIpc) is 2.65. The molecule has 4 nitrogen and oxygen atoms in total. The highest BCUT2D eigenvalue weighted by Crippen LogP contribution is 2.10. The molecule has 0 saturated carbocycles. The molecule has 0 saturated heterocycles. The normalized spacial score (nSPS) is 10.1.